The number of nitrogens with zero attached hydrogens (tertiary/aromatic N) is 1. The van der Waals surface area contributed by atoms with E-state index in [4.69, 9.17) is 4.74 Å². The van der Waals surface area contributed by atoms with Crippen LogP contribution in [0, 0.1) is 20.8 Å². The Labute approximate surface area is 160 Å². The van der Waals surface area contributed by atoms with Crippen LogP contribution >= 0.6 is 0 Å². The molecule has 2 aromatic carbocycles. The van der Waals surface area contributed by atoms with Gasteiger partial charge in [-0.25, -0.2) is 0 Å². The number of hydrogen-bond donors (Lipinski definition) is 1. The summed E-state index contributed by atoms with van der Waals surface area (Å²) in [6, 6.07) is 13.4. The van der Waals surface area contributed by atoms with E-state index in [1.165, 1.54) is 11.1 Å². The Morgan fingerprint density at radius 1 is 1.11 bits per heavy atom. The number of hydrogen-bond acceptors (Lipinski definition) is 3. The van der Waals surface area contributed by atoms with Gasteiger partial charge >= 0.3 is 0 Å². The predicted molar refractivity (Wildman–Crippen MR) is 104 cm³/mol. The minimum absolute atomic E-state index is 0.0829. The van der Waals surface area contributed by atoms with Crippen LogP contribution in [0.5, 0.6) is 0 Å². The highest BCUT2D eigenvalue weighted by molar-refractivity contribution is 5.86. The average Bonchev–Trinajstić information content (AvgIpc) is 2.65. The van der Waals surface area contributed by atoms with Crippen LogP contribution in [-0.4, -0.2) is 36.5 Å². The van der Waals surface area contributed by atoms with Crippen molar-refractivity contribution in [2.75, 3.05) is 13.7 Å². The number of rotatable bonds is 4. The molecule has 2 aromatic rings. The van der Waals surface area contributed by atoms with E-state index in [2.05, 4.69) is 25.2 Å². The van der Waals surface area contributed by atoms with Gasteiger partial charge in [0.1, 0.15) is 6.61 Å². The number of carbonyl (C=O) groups excluding carboxylic acids is 2. The Hall–Kier alpha value is -2.66. The number of ether oxygens (including phenoxy) is 1. The molecule has 5 nitrogen and oxygen atoms in total. The van der Waals surface area contributed by atoms with Crippen molar-refractivity contribution in [1.29, 1.82) is 0 Å². The first-order chi connectivity index (χ1) is 12.9. The summed E-state index contributed by atoms with van der Waals surface area (Å²) in [5.41, 5.74) is 5.40. The molecule has 3 rings (SSSR count). The molecule has 0 aromatic heterocycles. The molecule has 2 atom stereocenters. The highest BCUT2D eigenvalue weighted by Gasteiger charge is 2.40. The van der Waals surface area contributed by atoms with Gasteiger partial charge in [-0.3, -0.25) is 9.59 Å². The minimum Gasteiger partial charge on any atom is -0.356 e. The first-order valence-corrected chi connectivity index (χ1v) is 9.15. The largest absolute Gasteiger partial charge is 0.356 e. The fraction of sp³-hybridized carbons (Fsp3) is 0.364. The Balaban J connectivity index is 1.82. The van der Waals surface area contributed by atoms with Crippen molar-refractivity contribution in [3.05, 3.63) is 70.3 Å². The van der Waals surface area contributed by atoms with E-state index in [-0.39, 0.29) is 18.4 Å². The quantitative estimate of drug-likeness (QED) is 0.905. The minimum atomic E-state index is -0.737. The molecule has 0 bridgehead atoms. The normalized spacial score (nSPS) is 19.9. The second-order valence-electron chi connectivity index (χ2n) is 7.11. The molecule has 0 unspecified atom stereocenters. The van der Waals surface area contributed by atoms with Gasteiger partial charge in [-0.1, -0.05) is 42.5 Å². The van der Waals surface area contributed by atoms with Gasteiger partial charge in [-0.15, -0.1) is 0 Å². The number of benzene rings is 2. The van der Waals surface area contributed by atoms with Gasteiger partial charge in [0.15, 0.2) is 6.10 Å². The summed E-state index contributed by atoms with van der Waals surface area (Å²) in [5.74, 6) is -0.328. The Bertz CT molecular complexity index is 862. The number of amides is 2. The second kappa shape index (κ2) is 7.92. The Kier molecular flexibility index (Phi) is 5.61. The maximum atomic E-state index is 12.9. The zero-order valence-electron chi connectivity index (χ0n) is 16.3. The number of morpholine rings is 1. The van der Waals surface area contributed by atoms with E-state index in [1.54, 1.807) is 11.9 Å². The molecule has 1 N–H and O–H groups in total. The van der Waals surface area contributed by atoms with Gasteiger partial charge < -0.3 is 15.0 Å². The lowest BCUT2D eigenvalue weighted by Gasteiger charge is -2.39. The maximum absolute atomic E-state index is 12.9. The van der Waals surface area contributed by atoms with Crippen molar-refractivity contribution in [1.82, 2.24) is 10.2 Å². The molecule has 2 amide bonds. The van der Waals surface area contributed by atoms with Crippen LogP contribution in [0.15, 0.2) is 42.5 Å². The lowest BCUT2D eigenvalue weighted by molar-refractivity contribution is -0.162. The molecule has 1 fully saturated rings. The topological polar surface area (TPSA) is 58.6 Å². The van der Waals surface area contributed by atoms with Gasteiger partial charge in [-0.05, 0) is 48.6 Å². The van der Waals surface area contributed by atoms with Crippen molar-refractivity contribution in [3.8, 4) is 0 Å². The monoisotopic (exact) mass is 366 g/mol. The number of carbonyl (C=O) groups is 2. The van der Waals surface area contributed by atoms with E-state index in [0.29, 0.717) is 6.54 Å². The van der Waals surface area contributed by atoms with E-state index in [9.17, 15) is 9.59 Å². The third-order valence-corrected chi connectivity index (χ3v) is 5.42. The van der Waals surface area contributed by atoms with E-state index in [0.717, 1.165) is 16.7 Å². The molecule has 0 saturated carbocycles. The summed E-state index contributed by atoms with van der Waals surface area (Å²) in [6.45, 7) is 6.44. The molecule has 1 heterocycles. The first-order valence-electron chi connectivity index (χ1n) is 9.15. The molecular weight excluding hydrogens is 340 g/mol. The molecule has 5 heteroatoms. The summed E-state index contributed by atoms with van der Waals surface area (Å²) < 4.78 is 5.68. The van der Waals surface area contributed by atoms with Crippen LogP contribution in [-0.2, 0) is 20.9 Å². The highest BCUT2D eigenvalue weighted by atomic mass is 16.5. The molecule has 0 spiro atoms. The second-order valence-corrected chi connectivity index (χ2v) is 7.11. The van der Waals surface area contributed by atoms with Crippen molar-refractivity contribution in [2.24, 2.45) is 0 Å². The van der Waals surface area contributed by atoms with Crippen LogP contribution < -0.4 is 5.32 Å². The van der Waals surface area contributed by atoms with Gasteiger partial charge in [0, 0.05) is 13.6 Å². The standard InChI is InChI=1S/C22H26N2O3/c1-14-9-7-10-17(16(14)3)12-23-22(26)21-20(24(4)19(25)13-27-21)18-11-6-5-8-15(18)2/h5-11,20-21H,12-13H2,1-4H3,(H,23,26)/t20-,21+/m1/s1. The zero-order chi connectivity index (χ0) is 19.6. The van der Waals surface area contributed by atoms with E-state index < -0.39 is 12.1 Å². The van der Waals surface area contributed by atoms with Gasteiger partial charge in [0.25, 0.3) is 5.91 Å². The summed E-state index contributed by atoms with van der Waals surface area (Å²) >= 11 is 0. The van der Waals surface area contributed by atoms with Crippen LogP contribution in [0.2, 0.25) is 0 Å². The smallest absolute Gasteiger partial charge is 0.251 e. The number of nitrogens with one attached hydrogen (secondary N) is 1. The fourth-order valence-corrected chi connectivity index (χ4v) is 3.51. The number of likely N-dealkylation sites (N-methyl/N-ethyl adjacent to an activating group) is 1. The first kappa shape index (κ1) is 19.1. The molecule has 1 saturated heterocycles. The van der Waals surface area contributed by atoms with Crippen molar-refractivity contribution >= 4 is 11.8 Å². The zero-order valence-corrected chi connectivity index (χ0v) is 16.3. The molecule has 1 aliphatic rings. The van der Waals surface area contributed by atoms with Gasteiger partial charge in [0.2, 0.25) is 5.91 Å². The summed E-state index contributed by atoms with van der Waals surface area (Å²) in [7, 11) is 1.73. The van der Waals surface area contributed by atoms with Crippen LogP contribution in [0.3, 0.4) is 0 Å². The number of aryl methyl sites for hydroxylation is 2. The van der Waals surface area contributed by atoms with E-state index >= 15 is 0 Å². The maximum Gasteiger partial charge on any atom is 0.251 e. The molecule has 1 aliphatic heterocycles. The van der Waals surface area contributed by atoms with E-state index in [1.807, 2.05) is 43.3 Å². The van der Waals surface area contributed by atoms with Crippen molar-refractivity contribution < 1.29 is 14.3 Å². The molecule has 0 radical (unpaired) electrons. The van der Waals surface area contributed by atoms with Crippen LogP contribution in [0.1, 0.15) is 33.9 Å². The Morgan fingerprint density at radius 3 is 2.56 bits per heavy atom. The summed E-state index contributed by atoms with van der Waals surface area (Å²) in [6.07, 6.45) is -0.737. The summed E-state index contributed by atoms with van der Waals surface area (Å²) in [5, 5.41) is 2.99. The van der Waals surface area contributed by atoms with Crippen LogP contribution in [0.25, 0.3) is 0 Å². The highest BCUT2D eigenvalue weighted by Crippen LogP contribution is 2.31. The van der Waals surface area contributed by atoms with Gasteiger partial charge in [0.05, 0.1) is 6.04 Å². The Morgan fingerprint density at radius 2 is 1.81 bits per heavy atom. The fourth-order valence-electron chi connectivity index (χ4n) is 3.51. The van der Waals surface area contributed by atoms with Crippen molar-refractivity contribution in [3.63, 3.8) is 0 Å². The van der Waals surface area contributed by atoms with Gasteiger partial charge in [-0.2, -0.15) is 0 Å². The third-order valence-electron chi connectivity index (χ3n) is 5.42. The average molecular weight is 366 g/mol. The third kappa shape index (κ3) is 3.88. The molecule has 27 heavy (non-hydrogen) atoms. The SMILES string of the molecule is Cc1ccccc1[C@@H]1[C@@H](C(=O)NCc2cccc(C)c2C)OCC(=O)N1C. The lowest BCUT2D eigenvalue weighted by atomic mass is 9.94. The lowest BCUT2D eigenvalue weighted by Crippen LogP contribution is -2.53. The van der Waals surface area contributed by atoms with Crippen LogP contribution in [0.4, 0.5) is 0 Å². The molecule has 142 valence electrons. The molecular formula is C22H26N2O3. The summed E-state index contributed by atoms with van der Waals surface area (Å²) in [4.78, 5) is 26.7. The molecule has 0 aliphatic carbocycles. The predicted octanol–water partition coefficient (Wildman–Crippen LogP) is 2.83. The van der Waals surface area contributed by atoms with Crippen molar-refractivity contribution in [2.45, 2.75) is 39.5 Å².